The second kappa shape index (κ2) is 8.73. The summed E-state index contributed by atoms with van der Waals surface area (Å²) in [5, 5.41) is 7.09. The van der Waals surface area contributed by atoms with E-state index in [1.807, 2.05) is 60.1 Å². The molecular formula is C19H19N3O2S2. The van der Waals surface area contributed by atoms with Gasteiger partial charge in [-0.2, -0.15) is 0 Å². The van der Waals surface area contributed by atoms with Gasteiger partial charge in [-0.3, -0.25) is 9.59 Å². The number of carbonyl (C=O) groups is 2. The lowest BCUT2D eigenvalue weighted by Crippen LogP contribution is -2.32. The molecule has 0 aliphatic carbocycles. The van der Waals surface area contributed by atoms with Gasteiger partial charge in [0.1, 0.15) is 0 Å². The summed E-state index contributed by atoms with van der Waals surface area (Å²) >= 11 is 2.89. The maximum absolute atomic E-state index is 12.6. The lowest BCUT2D eigenvalue weighted by molar-refractivity contribution is -0.118. The first-order chi connectivity index (χ1) is 12.7. The van der Waals surface area contributed by atoms with Crippen molar-refractivity contribution in [3.8, 4) is 0 Å². The second-order valence-electron chi connectivity index (χ2n) is 5.60. The van der Waals surface area contributed by atoms with Gasteiger partial charge in [-0.25, -0.2) is 4.98 Å². The average Bonchev–Trinajstić information content (AvgIpc) is 3.29. The Morgan fingerprint density at radius 3 is 2.58 bits per heavy atom. The van der Waals surface area contributed by atoms with E-state index in [0.717, 1.165) is 10.6 Å². The summed E-state index contributed by atoms with van der Waals surface area (Å²) in [6, 6.07) is 13.4. The largest absolute Gasteiger partial charge is 0.312 e. The number of thiophene rings is 1. The SMILES string of the molecule is CCN(C(=O)Cc1csc(NC(=O)Cc2cccs2)n1)c1ccccc1. The number of carbonyl (C=O) groups excluding carboxylic acids is 2. The number of anilines is 2. The van der Waals surface area contributed by atoms with Gasteiger partial charge in [0, 0.05) is 22.5 Å². The summed E-state index contributed by atoms with van der Waals surface area (Å²) in [5.41, 5.74) is 1.54. The van der Waals surface area contributed by atoms with E-state index in [-0.39, 0.29) is 18.2 Å². The predicted octanol–water partition coefficient (Wildman–Crippen LogP) is 3.98. The van der Waals surface area contributed by atoms with Crippen LogP contribution >= 0.6 is 22.7 Å². The normalized spacial score (nSPS) is 10.5. The van der Waals surface area contributed by atoms with Crippen LogP contribution in [0.3, 0.4) is 0 Å². The molecule has 0 spiro atoms. The van der Waals surface area contributed by atoms with Crippen molar-refractivity contribution in [1.29, 1.82) is 0 Å². The van der Waals surface area contributed by atoms with E-state index in [4.69, 9.17) is 0 Å². The third-order valence-corrected chi connectivity index (χ3v) is 5.41. The number of nitrogens with one attached hydrogen (secondary N) is 1. The van der Waals surface area contributed by atoms with E-state index in [1.165, 1.54) is 11.3 Å². The van der Waals surface area contributed by atoms with Crippen LogP contribution in [0, 0.1) is 0 Å². The average molecular weight is 386 g/mol. The van der Waals surface area contributed by atoms with Gasteiger partial charge in [-0.05, 0) is 30.5 Å². The molecule has 2 heterocycles. The first-order valence-electron chi connectivity index (χ1n) is 8.27. The summed E-state index contributed by atoms with van der Waals surface area (Å²) in [4.78, 5) is 31.7. The number of nitrogens with zero attached hydrogens (tertiary/aromatic N) is 2. The standard InChI is InChI=1S/C19H19N3O2S2/c1-2-22(15-7-4-3-5-8-15)18(24)11-14-13-26-19(20-14)21-17(23)12-16-9-6-10-25-16/h3-10,13H,2,11-12H2,1H3,(H,20,21,23). The Kier molecular flexibility index (Phi) is 6.14. The molecule has 1 N–H and O–H groups in total. The van der Waals surface area contributed by atoms with Crippen molar-refractivity contribution >= 4 is 45.3 Å². The van der Waals surface area contributed by atoms with Gasteiger partial charge in [-0.1, -0.05) is 24.3 Å². The molecule has 134 valence electrons. The van der Waals surface area contributed by atoms with Gasteiger partial charge in [0.15, 0.2) is 5.13 Å². The lowest BCUT2D eigenvalue weighted by Gasteiger charge is -2.20. The molecule has 2 aromatic heterocycles. The Bertz CT molecular complexity index is 860. The number of rotatable bonds is 7. The second-order valence-corrected chi connectivity index (χ2v) is 7.49. The number of aromatic nitrogens is 1. The van der Waals surface area contributed by atoms with Crippen LogP contribution in [-0.2, 0) is 22.4 Å². The molecule has 0 unspecified atom stereocenters. The van der Waals surface area contributed by atoms with Crippen LogP contribution in [0.5, 0.6) is 0 Å². The molecule has 3 rings (SSSR count). The molecule has 26 heavy (non-hydrogen) atoms. The Morgan fingerprint density at radius 2 is 1.88 bits per heavy atom. The van der Waals surface area contributed by atoms with Crippen LogP contribution in [0.25, 0.3) is 0 Å². The first kappa shape index (κ1) is 18.3. The van der Waals surface area contributed by atoms with Gasteiger partial charge in [0.25, 0.3) is 0 Å². The van der Waals surface area contributed by atoms with Gasteiger partial charge >= 0.3 is 0 Å². The van der Waals surface area contributed by atoms with Crippen LogP contribution in [0.2, 0.25) is 0 Å². The zero-order valence-electron chi connectivity index (χ0n) is 14.3. The molecule has 0 aliphatic rings. The summed E-state index contributed by atoms with van der Waals surface area (Å²) < 4.78 is 0. The Labute approximate surface area is 160 Å². The van der Waals surface area contributed by atoms with Crippen LogP contribution in [0.4, 0.5) is 10.8 Å². The maximum Gasteiger partial charge on any atom is 0.233 e. The summed E-state index contributed by atoms with van der Waals surface area (Å²) in [6.45, 7) is 2.54. The van der Waals surface area contributed by atoms with Crippen LogP contribution < -0.4 is 10.2 Å². The van der Waals surface area contributed by atoms with E-state index < -0.39 is 0 Å². The Hall–Kier alpha value is -2.51. The monoisotopic (exact) mass is 385 g/mol. The number of hydrogen-bond donors (Lipinski definition) is 1. The maximum atomic E-state index is 12.6. The van der Waals surface area contributed by atoms with Crippen molar-refractivity contribution in [1.82, 2.24) is 4.98 Å². The first-order valence-corrected chi connectivity index (χ1v) is 10.0. The molecule has 0 saturated heterocycles. The third-order valence-electron chi connectivity index (χ3n) is 3.73. The van der Waals surface area contributed by atoms with Gasteiger partial charge < -0.3 is 10.2 Å². The van der Waals surface area contributed by atoms with Crippen molar-refractivity contribution in [2.24, 2.45) is 0 Å². The minimum Gasteiger partial charge on any atom is -0.312 e. The van der Waals surface area contributed by atoms with Crippen molar-refractivity contribution in [3.63, 3.8) is 0 Å². The highest BCUT2D eigenvalue weighted by Gasteiger charge is 2.16. The van der Waals surface area contributed by atoms with Gasteiger partial charge in [-0.15, -0.1) is 22.7 Å². The fraction of sp³-hybridized carbons (Fsp3) is 0.211. The summed E-state index contributed by atoms with van der Waals surface area (Å²) in [6.07, 6.45) is 0.545. The lowest BCUT2D eigenvalue weighted by atomic mass is 10.2. The minimum atomic E-state index is -0.0980. The fourth-order valence-electron chi connectivity index (χ4n) is 2.54. The van der Waals surface area contributed by atoms with Crippen molar-refractivity contribution in [3.05, 3.63) is 63.8 Å². The van der Waals surface area contributed by atoms with E-state index in [9.17, 15) is 9.59 Å². The number of likely N-dealkylation sites (N-methyl/N-ethyl adjacent to an activating group) is 1. The predicted molar refractivity (Wildman–Crippen MR) is 107 cm³/mol. The van der Waals surface area contributed by atoms with Crippen LogP contribution in [0.15, 0.2) is 53.2 Å². The molecule has 0 saturated carbocycles. The number of para-hydroxylation sites is 1. The van der Waals surface area contributed by atoms with E-state index >= 15 is 0 Å². The van der Waals surface area contributed by atoms with Crippen molar-refractivity contribution in [2.45, 2.75) is 19.8 Å². The summed E-state index contributed by atoms with van der Waals surface area (Å²) in [5.74, 6) is -0.111. The molecule has 0 radical (unpaired) electrons. The van der Waals surface area contributed by atoms with Crippen molar-refractivity contribution in [2.75, 3.05) is 16.8 Å². The molecular weight excluding hydrogens is 366 g/mol. The minimum absolute atomic E-state index is 0.0135. The molecule has 5 nitrogen and oxygen atoms in total. The molecule has 0 atom stereocenters. The zero-order valence-corrected chi connectivity index (χ0v) is 16.0. The highest BCUT2D eigenvalue weighted by atomic mass is 32.1. The quantitative estimate of drug-likeness (QED) is 0.669. The topological polar surface area (TPSA) is 62.3 Å². The number of hydrogen-bond acceptors (Lipinski definition) is 5. The smallest absolute Gasteiger partial charge is 0.233 e. The molecule has 2 amide bonds. The summed E-state index contributed by atoms with van der Waals surface area (Å²) in [7, 11) is 0. The number of thiazole rings is 1. The zero-order chi connectivity index (χ0) is 18.4. The van der Waals surface area contributed by atoms with Crippen LogP contribution in [0.1, 0.15) is 17.5 Å². The molecule has 0 fully saturated rings. The number of amides is 2. The third kappa shape index (κ3) is 4.77. The number of benzene rings is 1. The molecule has 0 bridgehead atoms. The Morgan fingerprint density at radius 1 is 1.08 bits per heavy atom. The van der Waals surface area contributed by atoms with Crippen LogP contribution in [-0.4, -0.2) is 23.3 Å². The van der Waals surface area contributed by atoms with Gasteiger partial charge in [0.05, 0.1) is 18.5 Å². The molecule has 1 aromatic carbocycles. The van der Waals surface area contributed by atoms with Gasteiger partial charge in [0.2, 0.25) is 11.8 Å². The van der Waals surface area contributed by atoms with Crippen molar-refractivity contribution < 1.29 is 9.59 Å². The Balaban J connectivity index is 1.59. The molecule has 3 aromatic rings. The molecule has 7 heteroatoms. The molecule has 0 aliphatic heterocycles. The highest BCUT2D eigenvalue weighted by Crippen LogP contribution is 2.19. The van der Waals surface area contributed by atoms with E-state index in [0.29, 0.717) is 23.8 Å². The van der Waals surface area contributed by atoms with E-state index in [2.05, 4.69) is 10.3 Å². The fourth-order valence-corrected chi connectivity index (χ4v) is 3.97. The highest BCUT2D eigenvalue weighted by molar-refractivity contribution is 7.14. The van der Waals surface area contributed by atoms with E-state index in [1.54, 1.807) is 16.2 Å².